The van der Waals surface area contributed by atoms with Gasteiger partial charge in [-0.3, -0.25) is 4.79 Å². The van der Waals surface area contributed by atoms with Gasteiger partial charge in [-0.1, -0.05) is 114 Å². The number of hydrogen-bond acceptors (Lipinski definition) is 3. The molecule has 0 fully saturated rings. The average Bonchev–Trinajstić information content (AvgIpc) is 3.43. The summed E-state index contributed by atoms with van der Waals surface area (Å²) in [7, 11) is 1.65. The number of methoxy groups -OCH3 is 1. The fourth-order valence-electron chi connectivity index (χ4n) is 5.62. The third-order valence-corrected chi connectivity index (χ3v) is 8.01. The number of benzene rings is 2. The molecule has 0 radical (unpaired) electrons. The second-order valence-corrected chi connectivity index (χ2v) is 11.5. The smallest absolute Gasteiger partial charge is 0.249 e. The highest BCUT2D eigenvalue weighted by Crippen LogP contribution is 2.32. The van der Waals surface area contributed by atoms with Crippen molar-refractivity contribution in [3.05, 3.63) is 90.5 Å². The first-order chi connectivity index (χ1) is 21.2. The van der Waals surface area contributed by atoms with Crippen LogP contribution in [0.25, 0.3) is 5.52 Å². The molecule has 2 heterocycles. The number of carbonyl (C=O) groups is 1. The minimum Gasteiger partial charge on any atom is -0.493 e. The van der Waals surface area contributed by atoms with Gasteiger partial charge >= 0.3 is 0 Å². The number of amides is 1. The Balaban J connectivity index is 1.24. The van der Waals surface area contributed by atoms with Gasteiger partial charge in [0.05, 0.1) is 26.3 Å². The Labute approximate surface area is 258 Å². The van der Waals surface area contributed by atoms with Gasteiger partial charge in [0.2, 0.25) is 12.2 Å². The number of pyridine rings is 1. The summed E-state index contributed by atoms with van der Waals surface area (Å²) in [4.78, 5) is 13.2. The first kappa shape index (κ1) is 32.1. The number of imidazole rings is 1. The van der Waals surface area contributed by atoms with Crippen molar-refractivity contribution in [2.45, 2.75) is 96.9 Å². The van der Waals surface area contributed by atoms with Crippen LogP contribution in [0.4, 0.5) is 5.69 Å². The minimum atomic E-state index is -0.0806. The second-order valence-electron chi connectivity index (χ2n) is 11.5. The maximum Gasteiger partial charge on any atom is 0.249 e. The third kappa shape index (κ3) is 10.5. The summed E-state index contributed by atoms with van der Waals surface area (Å²) in [6.45, 7) is 3.55. The normalized spacial score (nSPS) is 11.1. The lowest BCUT2D eigenvalue weighted by Gasteiger charge is -2.16. The van der Waals surface area contributed by atoms with Gasteiger partial charge in [0.25, 0.3) is 0 Å². The molecule has 6 heteroatoms. The highest BCUT2D eigenvalue weighted by Gasteiger charge is 2.16. The van der Waals surface area contributed by atoms with Crippen LogP contribution in [-0.4, -0.2) is 24.0 Å². The molecule has 43 heavy (non-hydrogen) atoms. The molecule has 4 rings (SSSR count). The Morgan fingerprint density at radius 3 is 2.19 bits per heavy atom. The van der Waals surface area contributed by atoms with E-state index in [1.165, 1.54) is 64.2 Å². The number of ether oxygens (including phenoxy) is 2. The van der Waals surface area contributed by atoms with E-state index in [0.717, 1.165) is 35.2 Å². The Bertz CT molecular complexity index is 1360. The van der Waals surface area contributed by atoms with Gasteiger partial charge in [-0.25, -0.2) is 8.97 Å². The molecule has 0 saturated carbocycles. The summed E-state index contributed by atoms with van der Waals surface area (Å²) in [5, 5.41) is 3.14. The molecule has 1 amide bonds. The van der Waals surface area contributed by atoms with E-state index in [2.05, 4.69) is 45.9 Å². The van der Waals surface area contributed by atoms with Gasteiger partial charge in [0.15, 0.2) is 17.0 Å². The molecule has 2 aromatic carbocycles. The second kappa shape index (κ2) is 18.0. The Morgan fingerprint density at radius 2 is 1.47 bits per heavy atom. The summed E-state index contributed by atoms with van der Waals surface area (Å²) in [5.74, 6) is 1.26. The number of nitrogens with one attached hydrogen (secondary N) is 1. The SMILES string of the molecule is CCCCCCCCCCCCCCOc1c(CC(=O)Nc2ccccc2C[n+]2cc3ccccn3c2)cccc1OC. The third-order valence-electron chi connectivity index (χ3n) is 8.01. The van der Waals surface area contributed by atoms with Crippen LogP contribution in [-0.2, 0) is 17.8 Å². The van der Waals surface area contributed by atoms with E-state index >= 15 is 0 Å². The van der Waals surface area contributed by atoms with E-state index < -0.39 is 0 Å². The summed E-state index contributed by atoms with van der Waals surface area (Å²) in [5.41, 5.74) is 3.82. The molecule has 0 bridgehead atoms. The predicted molar refractivity (Wildman–Crippen MR) is 175 cm³/mol. The van der Waals surface area contributed by atoms with E-state index in [0.29, 0.717) is 24.7 Å². The van der Waals surface area contributed by atoms with Gasteiger partial charge in [-0.2, -0.15) is 0 Å². The molecule has 0 unspecified atom stereocenters. The first-order valence-corrected chi connectivity index (χ1v) is 16.3. The Morgan fingerprint density at radius 1 is 0.791 bits per heavy atom. The maximum absolute atomic E-state index is 13.2. The van der Waals surface area contributed by atoms with Crippen LogP contribution in [0.3, 0.4) is 0 Å². The molecule has 0 aliphatic heterocycles. The molecule has 0 aliphatic rings. The number of rotatable bonds is 20. The number of anilines is 1. The molecular formula is C37H50N3O3+. The largest absolute Gasteiger partial charge is 0.493 e. The minimum absolute atomic E-state index is 0.0806. The summed E-state index contributed by atoms with van der Waals surface area (Å²) in [6.07, 6.45) is 22.1. The standard InChI is InChI=1S/C37H49N3O3/c1-3-4-5-6-7-8-9-10-11-12-13-18-26-43-37-31(21-19-24-35(37)42-2)27-36(41)38-34-23-15-14-20-32(34)28-39-29-33-22-16-17-25-40(33)30-39/h14-17,19-25,29-30H,3-13,18,26-28H2,1-2H3/p+1. The van der Waals surface area contributed by atoms with Gasteiger partial charge in [-0.05, 0) is 30.7 Å². The Kier molecular flexibility index (Phi) is 13.4. The fraction of sp³-hybridized carbons (Fsp3) is 0.459. The molecule has 4 aromatic rings. The summed E-state index contributed by atoms with van der Waals surface area (Å²) >= 11 is 0. The van der Waals surface area contributed by atoms with Crippen LogP contribution >= 0.6 is 0 Å². The van der Waals surface area contributed by atoms with Gasteiger partial charge < -0.3 is 14.8 Å². The molecule has 6 nitrogen and oxygen atoms in total. The van der Waals surface area contributed by atoms with Crippen LogP contribution < -0.4 is 19.4 Å². The summed E-state index contributed by atoms with van der Waals surface area (Å²) < 4.78 is 16.0. The highest BCUT2D eigenvalue weighted by molar-refractivity contribution is 5.93. The molecule has 0 aliphatic carbocycles. The highest BCUT2D eigenvalue weighted by atomic mass is 16.5. The van der Waals surface area contributed by atoms with Crippen molar-refractivity contribution < 1.29 is 18.8 Å². The number of para-hydroxylation sites is 2. The number of nitrogens with zero attached hydrogens (tertiary/aromatic N) is 2. The molecule has 1 N–H and O–H groups in total. The van der Waals surface area contributed by atoms with Crippen LogP contribution in [0.2, 0.25) is 0 Å². The lowest BCUT2D eigenvalue weighted by atomic mass is 10.1. The molecule has 230 valence electrons. The molecule has 0 spiro atoms. The fourth-order valence-corrected chi connectivity index (χ4v) is 5.62. The van der Waals surface area contributed by atoms with Gasteiger partial charge in [0, 0.05) is 16.8 Å². The van der Waals surface area contributed by atoms with E-state index in [1.807, 2.05) is 54.7 Å². The van der Waals surface area contributed by atoms with Crippen LogP contribution in [0, 0.1) is 0 Å². The Hall–Kier alpha value is -3.80. The zero-order chi connectivity index (χ0) is 30.1. The zero-order valence-electron chi connectivity index (χ0n) is 26.2. The molecular weight excluding hydrogens is 534 g/mol. The zero-order valence-corrected chi connectivity index (χ0v) is 26.2. The van der Waals surface area contributed by atoms with Crippen molar-refractivity contribution in [2.75, 3.05) is 19.0 Å². The van der Waals surface area contributed by atoms with E-state index in [1.54, 1.807) is 7.11 Å². The van der Waals surface area contributed by atoms with Crippen molar-refractivity contribution in [1.29, 1.82) is 0 Å². The molecule has 2 aromatic heterocycles. The quantitative estimate of drug-likeness (QED) is 0.0836. The van der Waals surface area contributed by atoms with E-state index in [-0.39, 0.29) is 12.3 Å². The van der Waals surface area contributed by atoms with Crippen molar-refractivity contribution in [3.63, 3.8) is 0 Å². The number of fused-ring (bicyclic) bond motifs is 1. The number of aromatic nitrogens is 2. The van der Waals surface area contributed by atoms with Crippen molar-refractivity contribution >= 4 is 17.1 Å². The monoisotopic (exact) mass is 584 g/mol. The van der Waals surface area contributed by atoms with Crippen molar-refractivity contribution in [2.24, 2.45) is 0 Å². The van der Waals surface area contributed by atoms with Crippen molar-refractivity contribution in [3.8, 4) is 11.5 Å². The van der Waals surface area contributed by atoms with Crippen LogP contribution in [0.15, 0.2) is 79.4 Å². The van der Waals surface area contributed by atoms with Gasteiger partial charge in [-0.15, -0.1) is 0 Å². The predicted octanol–water partition coefficient (Wildman–Crippen LogP) is 8.54. The van der Waals surface area contributed by atoms with E-state index in [9.17, 15) is 4.79 Å². The first-order valence-electron chi connectivity index (χ1n) is 16.3. The number of hydrogen-bond donors (Lipinski definition) is 1. The van der Waals surface area contributed by atoms with Crippen molar-refractivity contribution in [1.82, 2.24) is 4.40 Å². The topological polar surface area (TPSA) is 55.9 Å². The molecule has 0 atom stereocenters. The maximum atomic E-state index is 13.2. The van der Waals surface area contributed by atoms with Crippen LogP contribution in [0.5, 0.6) is 11.5 Å². The van der Waals surface area contributed by atoms with E-state index in [4.69, 9.17) is 9.47 Å². The van der Waals surface area contributed by atoms with Crippen LogP contribution in [0.1, 0.15) is 95.1 Å². The lowest BCUT2D eigenvalue weighted by molar-refractivity contribution is -0.686. The number of unbranched alkanes of at least 4 members (excludes halogenated alkanes) is 11. The lowest BCUT2D eigenvalue weighted by Crippen LogP contribution is -2.32. The van der Waals surface area contributed by atoms with Gasteiger partial charge in [0.1, 0.15) is 12.7 Å². The molecule has 0 saturated heterocycles. The number of carbonyl (C=O) groups excluding carboxylic acids is 1. The summed E-state index contributed by atoms with van der Waals surface area (Å²) in [6, 6.07) is 19.9. The average molecular weight is 585 g/mol.